The first kappa shape index (κ1) is 21.2. The molecule has 0 atom stereocenters. The maximum Gasteiger partial charge on any atom is 0.293 e. The summed E-state index contributed by atoms with van der Waals surface area (Å²) in [5.74, 6) is -0.313. The fraction of sp³-hybridized carbons (Fsp3) is 0.0385. The van der Waals surface area contributed by atoms with Gasteiger partial charge in [0, 0.05) is 22.3 Å². The molecule has 162 valence electrons. The van der Waals surface area contributed by atoms with Crippen LogP contribution in [0.4, 0.5) is 4.79 Å². The summed E-state index contributed by atoms with van der Waals surface area (Å²) in [6.45, 7) is 0.202. The number of thioether (sulfide) groups is 1. The molecule has 4 aromatic rings. The van der Waals surface area contributed by atoms with Crippen LogP contribution in [0.5, 0.6) is 0 Å². The molecule has 0 N–H and O–H groups in total. The van der Waals surface area contributed by atoms with Gasteiger partial charge in [0.05, 0.1) is 22.8 Å². The molecule has 3 aromatic carbocycles. The van der Waals surface area contributed by atoms with Gasteiger partial charge in [0.15, 0.2) is 0 Å². The molecule has 0 aliphatic carbocycles. The second-order valence-corrected chi connectivity index (χ2v) is 8.90. The number of aromatic nitrogens is 2. The third-order valence-electron chi connectivity index (χ3n) is 5.22. The van der Waals surface area contributed by atoms with Crippen molar-refractivity contribution in [2.24, 2.45) is 0 Å². The number of nitrogens with zero attached hydrogens (tertiary/aromatic N) is 3. The van der Waals surface area contributed by atoms with Crippen LogP contribution in [0.25, 0.3) is 23.0 Å². The molecule has 1 fully saturated rings. The van der Waals surface area contributed by atoms with Crippen LogP contribution in [0.1, 0.15) is 11.1 Å². The van der Waals surface area contributed by atoms with Crippen LogP contribution in [0.3, 0.4) is 0 Å². The average Bonchev–Trinajstić information content (AvgIpc) is 3.38. The Morgan fingerprint density at radius 2 is 1.55 bits per heavy atom. The lowest BCUT2D eigenvalue weighted by Crippen LogP contribution is -2.27. The van der Waals surface area contributed by atoms with Crippen LogP contribution in [0.2, 0.25) is 5.02 Å². The van der Waals surface area contributed by atoms with Crippen molar-refractivity contribution in [2.45, 2.75) is 6.54 Å². The van der Waals surface area contributed by atoms with Crippen LogP contribution in [0, 0.1) is 0 Å². The summed E-state index contributed by atoms with van der Waals surface area (Å²) in [7, 11) is 0. The van der Waals surface area contributed by atoms with Gasteiger partial charge in [-0.25, -0.2) is 4.68 Å². The molecule has 2 heterocycles. The lowest BCUT2D eigenvalue weighted by Gasteiger charge is -2.12. The van der Waals surface area contributed by atoms with Gasteiger partial charge in [0.25, 0.3) is 11.1 Å². The summed E-state index contributed by atoms with van der Waals surface area (Å²) in [6, 6.07) is 26.7. The van der Waals surface area contributed by atoms with Crippen LogP contribution < -0.4 is 0 Å². The second kappa shape index (κ2) is 9.10. The van der Waals surface area contributed by atoms with Crippen molar-refractivity contribution in [2.75, 3.05) is 0 Å². The molecule has 1 aromatic heterocycles. The predicted molar refractivity (Wildman–Crippen MR) is 132 cm³/mol. The standard InChI is InChI=1S/C26H18ClN3O2S/c27-21-13-11-18(12-14-21)16-29-25(31)23(33-26(29)32)15-20-17-30(22-9-5-2-6-10-22)28-24(20)19-7-3-1-4-8-19/h1-15,17H,16H2/b23-15-. The van der Waals surface area contributed by atoms with Crippen molar-refractivity contribution in [3.05, 3.63) is 112 Å². The monoisotopic (exact) mass is 471 g/mol. The van der Waals surface area contributed by atoms with E-state index in [0.717, 1.165) is 39.8 Å². The molecular weight excluding hydrogens is 454 g/mol. The van der Waals surface area contributed by atoms with Gasteiger partial charge >= 0.3 is 0 Å². The highest BCUT2D eigenvalue weighted by Gasteiger charge is 2.35. The lowest BCUT2D eigenvalue weighted by atomic mass is 10.1. The molecule has 0 unspecified atom stereocenters. The number of hydrogen-bond acceptors (Lipinski definition) is 4. The van der Waals surface area contributed by atoms with E-state index in [1.165, 1.54) is 4.90 Å². The van der Waals surface area contributed by atoms with E-state index in [0.29, 0.717) is 9.93 Å². The van der Waals surface area contributed by atoms with E-state index < -0.39 is 0 Å². The first-order chi connectivity index (χ1) is 16.1. The Labute approximate surface area is 200 Å². The Kier molecular flexibility index (Phi) is 5.86. The van der Waals surface area contributed by atoms with Gasteiger partial charge in [0.1, 0.15) is 0 Å². The lowest BCUT2D eigenvalue weighted by molar-refractivity contribution is -0.123. The third kappa shape index (κ3) is 4.49. The molecule has 1 aliphatic rings. The van der Waals surface area contributed by atoms with E-state index >= 15 is 0 Å². The SMILES string of the molecule is O=C1S/C(=C\c2cn(-c3ccccc3)nc2-c2ccccc2)C(=O)N1Cc1ccc(Cl)cc1. The molecule has 7 heteroatoms. The van der Waals surface area contributed by atoms with E-state index in [1.54, 1.807) is 22.9 Å². The van der Waals surface area contributed by atoms with Crippen LogP contribution in [0.15, 0.2) is 96.0 Å². The molecule has 0 radical (unpaired) electrons. The van der Waals surface area contributed by atoms with Gasteiger partial charge in [-0.3, -0.25) is 14.5 Å². The zero-order valence-corrected chi connectivity index (χ0v) is 19.0. The smallest absolute Gasteiger partial charge is 0.268 e. The minimum absolute atomic E-state index is 0.202. The maximum absolute atomic E-state index is 13.1. The first-order valence-electron chi connectivity index (χ1n) is 10.3. The molecule has 1 aliphatic heterocycles. The minimum atomic E-state index is -0.313. The highest BCUT2D eigenvalue weighted by Crippen LogP contribution is 2.35. The van der Waals surface area contributed by atoms with Crippen LogP contribution in [-0.4, -0.2) is 25.8 Å². The number of carbonyl (C=O) groups is 2. The average molecular weight is 472 g/mol. The maximum atomic E-state index is 13.1. The fourth-order valence-corrected chi connectivity index (χ4v) is 4.53. The number of benzene rings is 3. The van der Waals surface area contributed by atoms with Gasteiger partial charge in [-0.2, -0.15) is 5.10 Å². The number of hydrogen-bond donors (Lipinski definition) is 0. The zero-order valence-electron chi connectivity index (χ0n) is 17.4. The summed E-state index contributed by atoms with van der Waals surface area (Å²) >= 11 is 6.89. The van der Waals surface area contributed by atoms with Crippen molar-refractivity contribution >= 4 is 40.6 Å². The molecule has 0 spiro atoms. The number of halogens is 1. The zero-order chi connectivity index (χ0) is 22.8. The topological polar surface area (TPSA) is 55.2 Å². The largest absolute Gasteiger partial charge is 0.293 e. The van der Waals surface area contributed by atoms with Crippen LogP contribution in [-0.2, 0) is 11.3 Å². The number of carbonyl (C=O) groups excluding carboxylic acids is 2. The van der Waals surface area contributed by atoms with E-state index in [2.05, 4.69) is 0 Å². The molecule has 2 amide bonds. The number of imide groups is 1. The van der Waals surface area contributed by atoms with Gasteiger partial charge < -0.3 is 0 Å². The number of rotatable bonds is 5. The third-order valence-corrected chi connectivity index (χ3v) is 6.38. The Hall–Kier alpha value is -3.61. The van der Waals surface area contributed by atoms with Crippen molar-refractivity contribution < 1.29 is 9.59 Å². The normalized spacial score (nSPS) is 14.9. The van der Waals surface area contributed by atoms with Crippen molar-refractivity contribution in [1.29, 1.82) is 0 Å². The predicted octanol–water partition coefficient (Wildman–Crippen LogP) is 6.43. The van der Waals surface area contributed by atoms with E-state index in [9.17, 15) is 9.59 Å². The van der Waals surface area contributed by atoms with Crippen molar-refractivity contribution in [3.63, 3.8) is 0 Å². The minimum Gasteiger partial charge on any atom is -0.268 e. The summed E-state index contributed by atoms with van der Waals surface area (Å²) in [6.07, 6.45) is 3.63. The Morgan fingerprint density at radius 3 is 2.24 bits per heavy atom. The van der Waals surface area contributed by atoms with E-state index in [-0.39, 0.29) is 17.7 Å². The molecule has 5 rings (SSSR count). The Morgan fingerprint density at radius 1 is 0.879 bits per heavy atom. The summed E-state index contributed by atoms with van der Waals surface area (Å²) < 4.78 is 1.78. The molecule has 5 nitrogen and oxygen atoms in total. The van der Waals surface area contributed by atoms with Gasteiger partial charge in [-0.1, -0.05) is 72.3 Å². The van der Waals surface area contributed by atoms with Gasteiger partial charge in [0.2, 0.25) is 0 Å². The number of amides is 2. The van der Waals surface area contributed by atoms with Crippen molar-refractivity contribution in [1.82, 2.24) is 14.7 Å². The van der Waals surface area contributed by atoms with Crippen molar-refractivity contribution in [3.8, 4) is 16.9 Å². The quantitative estimate of drug-likeness (QED) is 0.315. The molecule has 1 saturated heterocycles. The summed E-state index contributed by atoms with van der Waals surface area (Å²) in [5, 5.41) is 5.09. The summed E-state index contributed by atoms with van der Waals surface area (Å²) in [4.78, 5) is 27.3. The fourth-order valence-electron chi connectivity index (χ4n) is 3.58. The van der Waals surface area contributed by atoms with Crippen LogP contribution >= 0.6 is 23.4 Å². The highest BCUT2D eigenvalue weighted by molar-refractivity contribution is 8.18. The molecular formula is C26H18ClN3O2S. The van der Waals surface area contributed by atoms with Gasteiger partial charge in [-0.05, 0) is 47.7 Å². The Balaban J connectivity index is 1.50. The second-order valence-electron chi connectivity index (χ2n) is 7.47. The first-order valence-corrected chi connectivity index (χ1v) is 11.5. The number of para-hydroxylation sites is 1. The molecule has 0 bridgehead atoms. The van der Waals surface area contributed by atoms with E-state index in [1.807, 2.05) is 79.0 Å². The van der Waals surface area contributed by atoms with Gasteiger partial charge in [-0.15, -0.1) is 0 Å². The van der Waals surface area contributed by atoms with E-state index in [4.69, 9.17) is 16.7 Å². The molecule has 0 saturated carbocycles. The highest BCUT2D eigenvalue weighted by atomic mass is 35.5. The molecule has 33 heavy (non-hydrogen) atoms. The summed E-state index contributed by atoms with van der Waals surface area (Å²) in [5.41, 5.74) is 4.18. The Bertz CT molecular complexity index is 1350.